The van der Waals surface area contributed by atoms with Crippen molar-refractivity contribution < 1.29 is 9.18 Å². The van der Waals surface area contributed by atoms with Gasteiger partial charge in [-0.3, -0.25) is 4.79 Å². The number of anilines is 1. The summed E-state index contributed by atoms with van der Waals surface area (Å²) in [7, 11) is 0. The minimum atomic E-state index is -0.520. The normalized spacial score (nSPS) is 10.3. The molecular weight excluding hydrogens is 297 g/mol. The van der Waals surface area contributed by atoms with Gasteiger partial charge >= 0.3 is 0 Å². The van der Waals surface area contributed by atoms with Gasteiger partial charge in [-0.15, -0.1) is 10.2 Å². The van der Waals surface area contributed by atoms with Gasteiger partial charge in [0.15, 0.2) is 4.34 Å². The molecule has 0 aliphatic rings. The highest BCUT2D eigenvalue weighted by Gasteiger charge is 2.09. The lowest BCUT2D eigenvalue weighted by molar-refractivity contribution is -0.113. The predicted octanol–water partition coefficient (Wildman–Crippen LogP) is 3.06. The number of amides is 1. The summed E-state index contributed by atoms with van der Waals surface area (Å²) in [5.41, 5.74) is 1.65. The SMILES string of the molecule is O=C(CSc1nncs1)Nc1cc(Cl)ccc1F. The molecule has 1 aromatic heterocycles. The van der Waals surface area contributed by atoms with Crippen LogP contribution in [0.2, 0.25) is 5.02 Å². The molecule has 0 radical (unpaired) electrons. The quantitative estimate of drug-likeness (QED) is 0.882. The molecule has 18 heavy (non-hydrogen) atoms. The maximum Gasteiger partial charge on any atom is 0.234 e. The molecule has 94 valence electrons. The smallest absolute Gasteiger partial charge is 0.234 e. The molecule has 0 aliphatic heterocycles. The van der Waals surface area contributed by atoms with Crippen LogP contribution in [0.1, 0.15) is 0 Å². The molecule has 0 unspecified atom stereocenters. The number of nitrogens with zero attached hydrogens (tertiary/aromatic N) is 2. The minimum absolute atomic E-state index is 0.0744. The van der Waals surface area contributed by atoms with Crippen LogP contribution < -0.4 is 5.32 Å². The number of nitrogens with one attached hydrogen (secondary N) is 1. The van der Waals surface area contributed by atoms with Crippen molar-refractivity contribution in [3.8, 4) is 0 Å². The van der Waals surface area contributed by atoms with Crippen LogP contribution in [0.25, 0.3) is 0 Å². The molecule has 0 bridgehead atoms. The second-order valence-electron chi connectivity index (χ2n) is 3.17. The number of hydrogen-bond acceptors (Lipinski definition) is 5. The molecule has 0 spiro atoms. The van der Waals surface area contributed by atoms with E-state index < -0.39 is 5.82 Å². The highest BCUT2D eigenvalue weighted by atomic mass is 35.5. The summed E-state index contributed by atoms with van der Waals surface area (Å²) in [6.07, 6.45) is 0. The Balaban J connectivity index is 1.92. The third-order valence-electron chi connectivity index (χ3n) is 1.87. The molecule has 0 aliphatic carbocycles. The molecule has 1 amide bonds. The van der Waals surface area contributed by atoms with E-state index in [2.05, 4.69) is 15.5 Å². The number of benzene rings is 1. The van der Waals surface area contributed by atoms with Crippen LogP contribution in [0.5, 0.6) is 0 Å². The van der Waals surface area contributed by atoms with Crippen molar-refractivity contribution in [1.82, 2.24) is 10.2 Å². The molecule has 2 rings (SSSR count). The summed E-state index contributed by atoms with van der Waals surface area (Å²) >= 11 is 8.30. The van der Waals surface area contributed by atoms with E-state index >= 15 is 0 Å². The topological polar surface area (TPSA) is 54.9 Å². The van der Waals surface area contributed by atoms with Crippen molar-refractivity contribution in [2.24, 2.45) is 0 Å². The maximum absolute atomic E-state index is 13.3. The molecule has 1 N–H and O–H groups in total. The predicted molar refractivity (Wildman–Crippen MR) is 70.7 cm³/mol. The van der Waals surface area contributed by atoms with Crippen molar-refractivity contribution in [3.63, 3.8) is 0 Å². The summed E-state index contributed by atoms with van der Waals surface area (Å²) in [6, 6.07) is 3.99. The molecule has 4 nitrogen and oxygen atoms in total. The molecule has 8 heteroatoms. The highest BCUT2D eigenvalue weighted by molar-refractivity contribution is 8.01. The van der Waals surface area contributed by atoms with Crippen LogP contribution in [-0.2, 0) is 4.79 Å². The lowest BCUT2D eigenvalue weighted by Gasteiger charge is -2.05. The van der Waals surface area contributed by atoms with Crippen molar-refractivity contribution >= 4 is 46.3 Å². The van der Waals surface area contributed by atoms with E-state index in [1.165, 1.54) is 41.3 Å². The fourth-order valence-electron chi connectivity index (χ4n) is 1.13. The molecule has 1 aromatic carbocycles. The number of carbonyl (C=O) groups excluding carboxylic acids is 1. The van der Waals surface area contributed by atoms with Crippen LogP contribution >= 0.6 is 34.7 Å². The van der Waals surface area contributed by atoms with Crippen LogP contribution in [0.3, 0.4) is 0 Å². The van der Waals surface area contributed by atoms with E-state index in [1.54, 1.807) is 5.51 Å². The summed E-state index contributed by atoms with van der Waals surface area (Å²) < 4.78 is 14.0. The van der Waals surface area contributed by atoms with Crippen molar-refractivity contribution in [1.29, 1.82) is 0 Å². The first-order valence-corrected chi connectivity index (χ1v) is 7.03. The van der Waals surface area contributed by atoms with Gasteiger partial charge in [0.05, 0.1) is 11.4 Å². The number of rotatable bonds is 4. The van der Waals surface area contributed by atoms with Crippen molar-refractivity contribution in [3.05, 3.63) is 34.5 Å². The Hall–Kier alpha value is -1.18. The fourth-order valence-corrected chi connectivity index (χ4v) is 2.59. The first kappa shape index (κ1) is 13.3. The van der Waals surface area contributed by atoms with Crippen LogP contribution in [-0.4, -0.2) is 21.9 Å². The third-order valence-corrected chi connectivity index (χ3v) is 3.96. The fraction of sp³-hybridized carbons (Fsp3) is 0.100. The van der Waals surface area contributed by atoms with Crippen molar-refractivity contribution in [2.45, 2.75) is 4.34 Å². The molecule has 0 saturated carbocycles. The molecule has 0 fully saturated rings. The average Bonchev–Trinajstić information content (AvgIpc) is 2.84. The van der Waals surface area contributed by atoms with Gasteiger partial charge < -0.3 is 5.32 Å². The third kappa shape index (κ3) is 3.66. The number of hydrogen-bond donors (Lipinski definition) is 1. The largest absolute Gasteiger partial charge is 0.323 e. The number of aromatic nitrogens is 2. The van der Waals surface area contributed by atoms with Crippen LogP contribution in [0, 0.1) is 5.82 Å². The molecular formula is C10H7ClFN3OS2. The zero-order valence-electron chi connectivity index (χ0n) is 8.89. The van der Waals surface area contributed by atoms with Gasteiger partial charge in [-0.1, -0.05) is 34.7 Å². The Morgan fingerprint density at radius 2 is 2.39 bits per heavy atom. The van der Waals surface area contributed by atoms with Gasteiger partial charge in [-0.05, 0) is 18.2 Å². The molecule has 2 aromatic rings. The Labute approximate surface area is 116 Å². The van der Waals surface area contributed by atoms with E-state index in [0.717, 1.165) is 0 Å². The number of thioether (sulfide) groups is 1. The average molecular weight is 304 g/mol. The standard InChI is InChI=1S/C10H7ClFN3OS2/c11-6-1-2-7(12)8(3-6)14-9(16)4-17-10-15-13-5-18-10/h1-3,5H,4H2,(H,14,16). The highest BCUT2D eigenvalue weighted by Crippen LogP contribution is 2.21. The van der Waals surface area contributed by atoms with Gasteiger partial charge in [0, 0.05) is 5.02 Å². The van der Waals surface area contributed by atoms with E-state index in [-0.39, 0.29) is 17.3 Å². The lowest BCUT2D eigenvalue weighted by Crippen LogP contribution is -2.15. The van der Waals surface area contributed by atoms with Gasteiger partial charge in [0.1, 0.15) is 11.3 Å². The monoisotopic (exact) mass is 303 g/mol. The van der Waals surface area contributed by atoms with E-state index in [4.69, 9.17) is 11.6 Å². The second-order valence-corrected chi connectivity index (χ2v) is 5.66. The first-order valence-electron chi connectivity index (χ1n) is 4.79. The summed E-state index contributed by atoms with van der Waals surface area (Å²) in [4.78, 5) is 11.6. The first-order chi connectivity index (χ1) is 8.65. The summed E-state index contributed by atoms with van der Waals surface area (Å²) in [5, 5.41) is 10.2. The Morgan fingerprint density at radius 3 is 3.11 bits per heavy atom. The van der Waals surface area contributed by atoms with E-state index in [1.807, 2.05) is 0 Å². The van der Waals surface area contributed by atoms with E-state index in [0.29, 0.717) is 9.36 Å². The van der Waals surface area contributed by atoms with Crippen LogP contribution in [0.4, 0.5) is 10.1 Å². The molecule has 0 saturated heterocycles. The lowest BCUT2D eigenvalue weighted by atomic mass is 10.3. The van der Waals surface area contributed by atoms with Crippen LogP contribution in [0.15, 0.2) is 28.0 Å². The van der Waals surface area contributed by atoms with E-state index in [9.17, 15) is 9.18 Å². The second kappa shape index (κ2) is 6.12. The summed E-state index contributed by atoms with van der Waals surface area (Å²) in [6.45, 7) is 0. The maximum atomic E-state index is 13.3. The Kier molecular flexibility index (Phi) is 4.51. The zero-order chi connectivity index (χ0) is 13.0. The van der Waals surface area contributed by atoms with Crippen molar-refractivity contribution in [2.75, 3.05) is 11.1 Å². The molecule has 1 heterocycles. The summed E-state index contributed by atoms with van der Waals surface area (Å²) in [5.74, 6) is -0.703. The van der Waals surface area contributed by atoms with Gasteiger partial charge in [-0.25, -0.2) is 4.39 Å². The van der Waals surface area contributed by atoms with Gasteiger partial charge in [0.2, 0.25) is 5.91 Å². The van der Waals surface area contributed by atoms with Gasteiger partial charge in [0.25, 0.3) is 0 Å². The van der Waals surface area contributed by atoms with Gasteiger partial charge in [-0.2, -0.15) is 0 Å². The minimum Gasteiger partial charge on any atom is -0.323 e. The number of halogens is 2. The Bertz CT molecular complexity index is 550. The molecule has 0 atom stereocenters. The Morgan fingerprint density at radius 1 is 1.56 bits per heavy atom. The number of carbonyl (C=O) groups is 1. The zero-order valence-corrected chi connectivity index (χ0v) is 11.3.